The molecule has 0 aliphatic carbocycles. The van der Waals surface area contributed by atoms with Gasteiger partial charge in [-0.15, -0.1) is 10.2 Å². The molecule has 1 aromatic carbocycles. The SMILES string of the molecule is Cc1nc(CSc2nnc(SCc3ccc(C(C)C)cc3)s2)oc1C. The van der Waals surface area contributed by atoms with Crippen LogP contribution in [0.15, 0.2) is 37.4 Å². The van der Waals surface area contributed by atoms with E-state index in [4.69, 9.17) is 4.42 Å². The molecule has 3 aromatic rings. The Hall–Kier alpha value is -1.31. The van der Waals surface area contributed by atoms with Gasteiger partial charge in [0.1, 0.15) is 5.76 Å². The number of thioether (sulfide) groups is 2. The van der Waals surface area contributed by atoms with Gasteiger partial charge in [-0.2, -0.15) is 0 Å². The normalized spacial score (nSPS) is 11.4. The third kappa shape index (κ3) is 5.09. The van der Waals surface area contributed by atoms with Crippen molar-refractivity contribution in [2.75, 3.05) is 0 Å². The summed E-state index contributed by atoms with van der Waals surface area (Å²) in [5.74, 6) is 3.79. The highest BCUT2D eigenvalue weighted by Gasteiger charge is 2.10. The molecule has 0 radical (unpaired) electrons. The van der Waals surface area contributed by atoms with E-state index in [1.54, 1.807) is 34.9 Å². The summed E-state index contributed by atoms with van der Waals surface area (Å²) in [6.45, 7) is 8.32. The lowest BCUT2D eigenvalue weighted by molar-refractivity contribution is 0.489. The number of hydrogen-bond donors (Lipinski definition) is 0. The number of aromatic nitrogens is 3. The molecule has 7 heteroatoms. The zero-order valence-corrected chi connectivity index (χ0v) is 17.2. The lowest BCUT2D eigenvalue weighted by Gasteiger charge is -2.05. The van der Waals surface area contributed by atoms with Crippen molar-refractivity contribution in [1.82, 2.24) is 15.2 Å². The van der Waals surface area contributed by atoms with Gasteiger partial charge in [0, 0.05) is 5.75 Å². The predicted octanol–water partition coefficient (Wildman–Crippen LogP) is 5.85. The van der Waals surface area contributed by atoms with Crippen LogP contribution >= 0.6 is 34.9 Å². The molecule has 3 rings (SSSR count). The Bertz CT molecular complexity index is 805. The molecule has 132 valence electrons. The van der Waals surface area contributed by atoms with Gasteiger partial charge in [-0.05, 0) is 30.9 Å². The van der Waals surface area contributed by atoms with E-state index in [0.717, 1.165) is 31.8 Å². The van der Waals surface area contributed by atoms with E-state index >= 15 is 0 Å². The van der Waals surface area contributed by atoms with Gasteiger partial charge in [0.25, 0.3) is 0 Å². The first-order valence-electron chi connectivity index (χ1n) is 8.12. The first-order valence-corrected chi connectivity index (χ1v) is 10.9. The predicted molar refractivity (Wildman–Crippen MR) is 106 cm³/mol. The molecule has 0 saturated carbocycles. The van der Waals surface area contributed by atoms with Crippen molar-refractivity contribution < 1.29 is 4.42 Å². The summed E-state index contributed by atoms with van der Waals surface area (Å²) >= 11 is 4.97. The highest BCUT2D eigenvalue weighted by Crippen LogP contribution is 2.32. The molecule has 25 heavy (non-hydrogen) atoms. The zero-order valence-electron chi connectivity index (χ0n) is 14.8. The fourth-order valence-corrected chi connectivity index (χ4v) is 5.00. The molecule has 2 heterocycles. The fraction of sp³-hybridized carbons (Fsp3) is 0.389. The van der Waals surface area contributed by atoms with Crippen LogP contribution in [0.25, 0.3) is 0 Å². The monoisotopic (exact) mass is 391 g/mol. The third-order valence-corrected chi connectivity index (χ3v) is 7.03. The van der Waals surface area contributed by atoms with E-state index in [-0.39, 0.29) is 0 Å². The van der Waals surface area contributed by atoms with E-state index in [1.165, 1.54) is 11.1 Å². The number of hydrogen-bond acceptors (Lipinski definition) is 7. The third-order valence-electron chi connectivity index (χ3n) is 3.79. The Morgan fingerprint density at radius 1 is 1.00 bits per heavy atom. The largest absolute Gasteiger partial charge is 0.445 e. The second kappa shape index (κ2) is 8.38. The molecule has 0 amide bonds. The Morgan fingerprint density at radius 2 is 1.64 bits per heavy atom. The van der Waals surface area contributed by atoms with Crippen LogP contribution in [-0.2, 0) is 11.5 Å². The minimum Gasteiger partial charge on any atom is -0.445 e. The van der Waals surface area contributed by atoms with Crippen molar-refractivity contribution in [2.24, 2.45) is 0 Å². The number of benzene rings is 1. The summed E-state index contributed by atoms with van der Waals surface area (Å²) in [7, 11) is 0. The Balaban J connectivity index is 1.51. The molecule has 0 atom stereocenters. The van der Waals surface area contributed by atoms with Crippen LogP contribution in [0.4, 0.5) is 0 Å². The van der Waals surface area contributed by atoms with Gasteiger partial charge in [-0.1, -0.05) is 73.0 Å². The van der Waals surface area contributed by atoms with Crippen LogP contribution < -0.4 is 0 Å². The van der Waals surface area contributed by atoms with Crippen LogP contribution in [0.1, 0.15) is 48.2 Å². The van der Waals surface area contributed by atoms with E-state index in [2.05, 4.69) is 53.3 Å². The average Bonchev–Trinajstić information content (AvgIpc) is 3.18. The highest BCUT2D eigenvalue weighted by molar-refractivity contribution is 8.02. The number of rotatable bonds is 7. The van der Waals surface area contributed by atoms with Crippen molar-refractivity contribution in [3.05, 3.63) is 52.7 Å². The van der Waals surface area contributed by atoms with Crippen LogP contribution in [0.2, 0.25) is 0 Å². The maximum absolute atomic E-state index is 5.59. The standard InChI is InChI=1S/C18H21N3OS3/c1-11(2)15-7-5-14(6-8-15)9-23-17-20-21-18(25-17)24-10-16-19-12(3)13(4)22-16/h5-8,11H,9-10H2,1-4H3. The number of oxazole rings is 1. The molecule has 0 aliphatic heterocycles. The number of aryl methyl sites for hydroxylation is 2. The van der Waals surface area contributed by atoms with E-state index in [9.17, 15) is 0 Å². The van der Waals surface area contributed by atoms with Gasteiger partial charge in [-0.3, -0.25) is 0 Å². The summed E-state index contributed by atoms with van der Waals surface area (Å²) in [4.78, 5) is 4.39. The maximum atomic E-state index is 5.59. The van der Waals surface area contributed by atoms with Gasteiger partial charge in [-0.25, -0.2) is 4.98 Å². The minimum absolute atomic E-state index is 0.570. The molecule has 0 N–H and O–H groups in total. The summed E-state index contributed by atoms with van der Waals surface area (Å²) in [6.07, 6.45) is 0. The van der Waals surface area contributed by atoms with Gasteiger partial charge < -0.3 is 4.42 Å². The fourth-order valence-electron chi connectivity index (χ4n) is 2.18. The molecular formula is C18H21N3OS3. The summed E-state index contributed by atoms with van der Waals surface area (Å²) in [5.41, 5.74) is 3.64. The highest BCUT2D eigenvalue weighted by atomic mass is 32.2. The van der Waals surface area contributed by atoms with E-state index in [0.29, 0.717) is 11.7 Å². The molecular weight excluding hydrogens is 370 g/mol. The topological polar surface area (TPSA) is 51.8 Å². The molecule has 4 nitrogen and oxygen atoms in total. The minimum atomic E-state index is 0.570. The molecule has 0 spiro atoms. The quantitative estimate of drug-likeness (QED) is 0.471. The van der Waals surface area contributed by atoms with Crippen molar-refractivity contribution in [2.45, 2.75) is 53.8 Å². The summed E-state index contributed by atoms with van der Waals surface area (Å²) in [5, 5.41) is 8.52. The first-order chi connectivity index (χ1) is 12.0. The Kier molecular flexibility index (Phi) is 6.19. The molecule has 0 saturated heterocycles. The Labute approximate surface area is 160 Å². The molecule has 0 aliphatic rings. The van der Waals surface area contributed by atoms with Crippen LogP contribution in [0.5, 0.6) is 0 Å². The van der Waals surface area contributed by atoms with Gasteiger partial charge in [0.15, 0.2) is 8.68 Å². The lowest BCUT2D eigenvalue weighted by Crippen LogP contribution is -1.87. The van der Waals surface area contributed by atoms with Crippen molar-refractivity contribution in [1.29, 1.82) is 0 Å². The van der Waals surface area contributed by atoms with Crippen LogP contribution in [0, 0.1) is 13.8 Å². The van der Waals surface area contributed by atoms with Crippen molar-refractivity contribution in [3.8, 4) is 0 Å². The first kappa shape index (κ1) is 18.5. The lowest BCUT2D eigenvalue weighted by atomic mass is 10.0. The van der Waals surface area contributed by atoms with Gasteiger partial charge in [0.2, 0.25) is 5.89 Å². The second-order valence-electron chi connectivity index (χ2n) is 6.06. The molecule has 0 fully saturated rings. The van der Waals surface area contributed by atoms with Crippen molar-refractivity contribution in [3.63, 3.8) is 0 Å². The smallest absolute Gasteiger partial charge is 0.205 e. The molecule has 2 aromatic heterocycles. The molecule has 0 unspecified atom stereocenters. The Morgan fingerprint density at radius 3 is 2.20 bits per heavy atom. The van der Waals surface area contributed by atoms with Gasteiger partial charge in [0.05, 0.1) is 11.4 Å². The van der Waals surface area contributed by atoms with Crippen molar-refractivity contribution >= 4 is 34.9 Å². The zero-order chi connectivity index (χ0) is 17.8. The van der Waals surface area contributed by atoms with Crippen LogP contribution in [0.3, 0.4) is 0 Å². The second-order valence-corrected chi connectivity index (χ2v) is 9.48. The number of nitrogens with zero attached hydrogens (tertiary/aromatic N) is 3. The average molecular weight is 392 g/mol. The summed E-state index contributed by atoms with van der Waals surface area (Å²) < 4.78 is 7.54. The van der Waals surface area contributed by atoms with E-state index in [1.807, 2.05) is 13.8 Å². The maximum Gasteiger partial charge on any atom is 0.205 e. The van der Waals surface area contributed by atoms with Gasteiger partial charge >= 0.3 is 0 Å². The van der Waals surface area contributed by atoms with Crippen LogP contribution in [-0.4, -0.2) is 15.2 Å². The van der Waals surface area contributed by atoms with E-state index < -0.39 is 0 Å². The molecule has 0 bridgehead atoms. The summed E-state index contributed by atoms with van der Waals surface area (Å²) in [6, 6.07) is 8.82.